The maximum atomic E-state index is 12.1. The van der Waals surface area contributed by atoms with E-state index in [-0.39, 0.29) is 11.9 Å². The second-order valence-electron chi connectivity index (χ2n) is 4.66. The highest BCUT2D eigenvalue weighted by Crippen LogP contribution is 2.30. The van der Waals surface area contributed by atoms with E-state index in [0.717, 1.165) is 26.1 Å². The summed E-state index contributed by atoms with van der Waals surface area (Å²) in [5.41, 5.74) is 0. The minimum absolute atomic E-state index is 0.0648. The zero-order chi connectivity index (χ0) is 10.8. The molecule has 86 valence electrons. The van der Waals surface area contributed by atoms with Gasteiger partial charge in [0.1, 0.15) is 6.04 Å². The van der Waals surface area contributed by atoms with Gasteiger partial charge in [-0.25, -0.2) is 0 Å². The molecule has 1 heterocycles. The van der Waals surface area contributed by atoms with E-state index >= 15 is 0 Å². The lowest BCUT2D eigenvalue weighted by atomic mass is 10.2. The lowest BCUT2D eigenvalue weighted by molar-refractivity contribution is -0.134. The summed E-state index contributed by atoms with van der Waals surface area (Å²) in [7, 11) is 3.84. The molecule has 0 bridgehead atoms. The van der Waals surface area contributed by atoms with Crippen LogP contribution in [0.3, 0.4) is 0 Å². The molecule has 2 aliphatic rings. The van der Waals surface area contributed by atoms with Gasteiger partial charge < -0.3 is 10.2 Å². The van der Waals surface area contributed by atoms with Crippen LogP contribution in [0.1, 0.15) is 19.3 Å². The lowest BCUT2D eigenvalue weighted by Gasteiger charge is -2.29. The summed E-state index contributed by atoms with van der Waals surface area (Å²) in [6.45, 7) is 2.76. The summed E-state index contributed by atoms with van der Waals surface area (Å²) >= 11 is 0. The van der Waals surface area contributed by atoms with Gasteiger partial charge in [0.2, 0.25) is 5.91 Å². The van der Waals surface area contributed by atoms with E-state index in [2.05, 4.69) is 10.2 Å². The Balaban J connectivity index is 2.09. The van der Waals surface area contributed by atoms with E-state index in [9.17, 15) is 4.79 Å². The van der Waals surface area contributed by atoms with E-state index in [0.29, 0.717) is 6.04 Å². The summed E-state index contributed by atoms with van der Waals surface area (Å²) < 4.78 is 0. The number of hydrogen-bond donors (Lipinski definition) is 1. The van der Waals surface area contributed by atoms with Crippen LogP contribution in [0.2, 0.25) is 0 Å². The predicted molar refractivity (Wildman–Crippen MR) is 59.7 cm³/mol. The topological polar surface area (TPSA) is 35.6 Å². The fraction of sp³-hybridized carbons (Fsp3) is 0.909. The average molecular weight is 211 g/mol. The molecule has 0 spiro atoms. The molecule has 1 N–H and O–H groups in total. The Labute approximate surface area is 91.6 Å². The van der Waals surface area contributed by atoms with Crippen LogP contribution in [0.4, 0.5) is 0 Å². The van der Waals surface area contributed by atoms with Crippen LogP contribution in [0, 0.1) is 0 Å². The molecule has 0 aromatic heterocycles. The molecule has 2 rings (SSSR count). The number of nitrogens with zero attached hydrogens (tertiary/aromatic N) is 2. The Morgan fingerprint density at radius 3 is 2.73 bits per heavy atom. The summed E-state index contributed by atoms with van der Waals surface area (Å²) in [5.74, 6) is 0.286. The molecule has 15 heavy (non-hydrogen) atoms. The molecular weight excluding hydrogens is 190 g/mol. The first-order chi connectivity index (χ1) is 7.24. The van der Waals surface area contributed by atoms with Gasteiger partial charge in [0.15, 0.2) is 0 Å². The van der Waals surface area contributed by atoms with Crippen LogP contribution in [0.15, 0.2) is 0 Å². The quantitative estimate of drug-likeness (QED) is 0.708. The summed E-state index contributed by atoms with van der Waals surface area (Å²) in [6, 6.07) is 0.744. The van der Waals surface area contributed by atoms with E-state index < -0.39 is 0 Å². The maximum Gasteiger partial charge on any atom is 0.240 e. The number of likely N-dealkylation sites (N-methyl/N-ethyl adjacent to an activating group) is 2. The van der Waals surface area contributed by atoms with Crippen LogP contribution in [-0.4, -0.2) is 61.5 Å². The van der Waals surface area contributed by atoms with Gasteiger partial charge in [0, 0.05) is 32.7 Å². The molecule has 1 amide bonds. The minimum atomic E-state index is 0.0648. The Bertz CT molecular complexity index is 240. The monoisotopic (exact) mass is 211 g/mol. The highest BCUT2D eigenvalue weighted by molar-refractivity contribution is 5.82. The van der Waals surface area contributed by atoms with Crippen molar-refractivity contribution in [2.24, 2.45) is 0 Å². The minimum Gasteiger partial charge on any atom is -0.344 e. The Morgan fingerprint density at radius 1 is 1.40 bits per heavy atom. The maximum absolute atomic E-state index is 12.1. The summed E-state index contributed by atoms with van der Waals surface area (Å²) in [6.07, 6.45) is 3.66. The van der Waals surface area contributed by atoms with Crippen LogP contribution >= 0.6 is 0 Å². The van der Waals surface area contributed by atoms with Gasteiger partial charge in [-0.15, -0.1) is 0 Å². The largest absolute Gasteiger partial charge is 0.344 e. The molecule has 4 heteroatoms. The molecule has 2 fully saturated rings. The highest BCUT2D eigenvalue weighted by atomic mass is 16.2. The van der Waals surface area contributed by atoms with E-state index in [1.165, 1.54) is 12.8 Å². The molecule has 1 saturated carbocycles. The van der Waals surface area contributed by atoms with Crippen molar-refractivity contribution < 1.29 is 4.79 Å². The van der Waals surface area contributed by atoms with Crippen molar-refractivity contribution in [1.82, 2.24) is 15.1 Å². The standard InChI is InChI=1S/C11H21N3O/c1-12-8-10-11(15)13(2)6-3-7-14(10)9-4-5-9/h9-10,12H,3-8H2,1-2H3. The van der Waals surface area contributed by atoms with E-state index in [4.69, 9.17) is 0 Å². The number of carbonyl (C=O) groups excluding carboxylic acids is 1. The van der Waals surface area contributed by atoms with Gasteiger partial charge >= 0.3 is 0 Å². The van der Waals surface area contributed by atoms with Crippen LogP contribution in [0.25, 0.3) is 0 Å². The Morgan fingerprint density at radius 2 is 2.13 bits per heavy atom. The van der Waals surface area contributed by atoms with Gasteiger partial charge in [0.05, 0.1) is 0 Å². The van der Waals surface area contributed by atoms with Gasteiger partial charge in [0.25, 0.3) is 0 Å². The normalized spacial score (nSPS) is 29.3. The first-order valence-electron chi connectivity index (χ1n) is 5.89. The molecule has 0 radical (unpaired) electrons. The fourth-order valence-electron chi connectivity index (χ4n) is 2.39. The molecule has 1 saturated heterocycles. The molecule has 4 nitrogen and oxygen atoms in total. The van der Waals surface area contributed by atoms with Gasteiger partial charge in [-0.05, 0) is 26.3 Å². The second kappa shape index (κ2) is 4.49. The smallest absolute Gasteiger partial charge is 0.240 e. The second-order valence-corrected chi connectivity index (χ2v) is 4.66. The molecule has 1 aliphatic carbocycles. The Hall–Kier alpha value is -0.610. The lowest BCUT2D eigenvalue weighted by Crippen LogP contribution is -2.50. The summed E-state index contributed by atoms with van der Waals surface area (Å²) in [5, 5.41) is 3.14. The predicted octanol–water partition coefficient (Wildman–Crippen LogP) is -0.0991. The average Bonchev–Trinajstić information content (AvgIpc) is 3.03. The molecule has 1 aliphatic heterocycles. The zero-order valence-corrected chi connectivity index (χ0v) is 9.70. The van der Waals surface area contributed by atoms with E-state index in [1.54, 1.807) is 0 Å². The first-order valence-corrected chi connectivity index (χ1v) is 5.89. The molecule has 0 aromatic rings. The van der Waals surface area contributed by atoms with Gasteiger partial charge in [-0.1, -0.05) is 0 Å². The van der Waals surface area contributed by atoms with Crippen molar-refractivity contribution in [3.8, 4) is 0 Å². The third-order valence-electron chi connectivity index (χ3n) is 3.38. The van der Waals surface area contributed by atoms with E-state index in [1.807, 2.05) is 19.0 Å². The SMILES string of the molecule is CNCC1C(=O)N(C)CCCN1C1CC1. The fourth-order valence-corrected chi connectivity index (χ4v) is 2.39. The van der Waals surface area contributed by atoms with Crippen molar-refractivity contribution in [1.29, 1.82) is 0 Å². The van der Waals surface area contributed by atoms with Crippen molar-refractivity contribution >= 4 is 5.91 Å². The van der Waals surface area contributed by atoms with Gasteiger partial charge in [-0.2, -0.15) is 0 Å². The van der Waals surface area contributed by atoms with Crippen molar-refractivity contribution in [3.63, 3.8) is 0 Å². The molecule has 1 unspecified atom stereocenters. The third kappa shape index (κ3) is 2.32. The molecule has 1 atom stereocenters. The van der Waals surface area contributed by atoms with Gasteiger partial charge in [-0.3, -0.25) is 9.69 Å². The van der Waals surface area contributed by atoms with Crippen LogP contribution in [-0.2, 0) is 4.79 Å². The number of amides is 1. The van der Waals surface area contributed by atoms with Crippen molar-refractivity contribution in [2.45, 2.75) is 31.3 Å². The van der Waals surface area contributed by atoms with Crippen LogP contribution < -0.4 is 5.32 Å². The van der Waals surface area contributed by atoms with Crippen LogP contribution in [0.5, 0.6) is 0 Å². The zero-order valence-electron chi connectivity index (χ0n) is 9.70. The van der Waals surface area contributed by atoms with Crippen molar-refractivity contribution in [3.05, 3.63) is 0 Å². The Kier molecular flexibility index (Phi) is 3.26. The number of carbonyl (C=O) groups is 1. The molecule has 0 aromatic carbocycles. The third-order valence-corrected chi connectivity index (χ3v) is 3.38. The number of rotatable bonds is 3. The molecular formula is C11H21N3O. The number of nitrogens with one attached hydrogen (secondary N) is 1. The first kappa shape index (κ1) is 10.9. The van der Waals surface area contributed by atoms with Crippen molar-refractivity contribution in [2.75, 3.05) is 33.7 Å². The summed E-state index contributed by atoms with van der Waals surface area (Å²) in [4.78, 5) is 16.4. The number of hydrogen-bond acceptors (Lipinski definition) is 3. The highest BCUT2D eigenvalue weighted by Gasteiger charge is 2.39.